The molecule has 0 bridgehead atoms. The number of hydrogen-bond acceptors (Lipinski definition) is 5. The van der Waals surface area contributed by atoms with Gasteiger partial charge >= 0.3 is 0 Å². The van der Waals surface area contributed by atoms with Gasteiger partial charge in [0.15, 0.2) is 5.82 Å². The molecular weight excluding hydrogens is 180 g/mol. The van der Waals surface area contributed by atoms with E-state index >= 15 is 0 Å². The molecule has 0 saturated carbocycles. The summed E-state index contributed by atoms with van der Waals surface area (Å²) < 4.78 is 1.65. The lowest BCUT2D eigenvalue weighted by molar-refractivity contribution is 0.667. The highest BCUT2D eigenvalue weighted by Crippen LogP contribution is 2.08. The van der Waals surface area contributed by atoms with Gasteiger partial charge in [-0.2, -0.15) is 9.61 Å². The number of anilines is 1. The second kappa shape index (κ2) is 3.59. The lowest BCUT2D eigenvalue weighted by Crippen LogP contribution is -2.15. The molecule has 0 aromatic carbocycles. The third-order valence-electron chi connectivity index (χ3n) is 1.93. The molecule has 2 rings (SSSR count). The zero-order chi connectivity index (χ0) is 9.97. The van der Waals surface area contributed by atoms with E-state index in [1.165, 1.54) is 0 Å². The summed E-state index contributed by atoms with van der Waals surface area (Å²) in [4.78, 5) is 0. The van der Waals surface area contributed by atoms with E-state index in [9.17, 15) is 0 Å². The molecule has 2 aromatic heterocycles. The molecule has 0 amide bonds. The average Bonchev–Trinajstić information content (AvgIpc) is 2.60. The molecule has 0 fully saturated rings. The van der Waals surface area contributed by atoms with Gasteiger partial charge in [0.2, 0.25) is 5.65 Å². The van der Waals surface area contributed by atoms with Crippen LogP contribution in [0.5, 0.6) is 0 Å². The molecule has 14 heavy (non-hydrogen) atoms. The summed E-state index contributed by atoms with van der Waals surface area (Å²) in [6.07, 6.45) is 1.64. The number of nitrogen functional groups attached to an aromatic ring is 1. The summed E-state index contributed by atoms with van der Waals surface area (Å²) in [5, 5.41) is 15.2. The van der Waals surface area contributed by atoms with Crippen LogP contribution in [-0.4, -0.2) is 26.4 Å². The second-order valence-electron chi connectivity index (χ2n) is 2.92. The number of nitrogens with one attached hydrogen (secondary N) is 1. The molecule has 0 spiro atoms. The Hall–Kier alpha value is -1.69. The van der Waals surface area contributed by atoms with Gasteiger partial charge in [-0.25, -0.2) is 0 Å². The summed E-state index contributed by atoms with van der Waals surface area (Å²) in [5.74, 6) is 0.772. The molecule has 0 unspecified atom stereocenters. The first kappa shape index (κ1) is 8.89. The number of rotatable bonds is 3. The fourth-order valence-electron chi connectivity index (χ4n) is 1.22. The number of fused-ring (bicyclic) bond motifs is 1. The van der Waals surface area contributed by atoms with Crippen molar-refractivity contribution in [1.29, 1.82) is 0 Å². The molecular formula is C8H12N6. The topological polar surface area (TPSA) is 81.1 Å². The van der Waals surface area contributed by atoms with Crippen molar-refractivity contribution in [3.8, 4) is 0 Å². The van der Waals surface area contributed by atoms with Gasteiger partial charge in [0.05, 0.1) is 18.4 Å². The van der Waals surface area contributed by atoms with E-state index in [0.717, 1.165) is 12.4 Å². The van der Waals surface area contributed by atoms with Crippen molar-refractivity contribution in [1.82, 2.24) is 25.1 Å². The highest BCUT2D eigenvalue weighted by atomic mass is 15.4. The van der Waals surface area contributed by atoms with E-state index in [1.807, 2.05) is 6.92 Å². The maximum Gasteiger partial charge on any atom is 0.200 e. The predicted octanol–water partition coefficient (Wildman–Crippen LogP) is -0.184. The van der Waals surface area contributed by atoms with E-state index in [2.05, 4.69) is 20.6 Å². The number of hydrogen-bond donors (Lipinski definition) is 2. The van der Waals surface area contributed by atoms with Crippen molar-refractivity contribution >= 4 is 11.3 Å². The Balaban J connectivity index is 2.42. The van der Waals surface area contributed by atoms with Crippen LogP contribution in [0, 0.1) is 0 Å². The fraction of sp³-hybridized carbons (Fsp3) is 0.375. The van der Waals surface area contributed by atoms with Crippen molar-refractivity contribution in [3.63, 3.8) is 0 Å². The summed E-state index contributed by atoms with van der Waals surface area (Å²) >= 11 is 0. The molecule has 0 aliphatic carbocycles. The highest BCUT2D eigenvalue weighted by molar-refractivity contribution is 5.62. The quantitative estimate of drug-likeness (QED) is 0.704. The fourth-order valence-corrected chi connectivity index (χ4v) is 1.22. The monoisotopic (exact) mass is 192 g/mol. The molecule has 74 valence electrons. The largest absolute Gasteiger partial charge is 0.396 e. The molecule has 0 radical (unpaired) electrons. The van der Waals surface area contributed by atoms with Gasteiger partial charge in [0, 0.05) is 0 Å². The minimum absolute atomic E-state index is 0.593. The molecule has 3 N–H and O–H groups in total. The first-order valence-corrected chi connectivity index (χ1v) is 4.48. The molecule has 0 atom stereocenters. The summed E-state index contributed by atoms with van der Waals surface area (Å²) in [7, 11) is 0. The van der Waals surface area contributed by atoms with E-state index < -0.39 is 0 Å². The van der Waals surface area contributed by atoms with Crippen LogP contribution in [0.2, 0.25) is 0 Å². The minimum Gasteiger partial charge on any atom is -0.396 e. The molecule has 6 heteroatoms. The molecule has 2 heterocycles. The van der Waals surface area contributed by atoms with Crippen LogP contribution in [0.1, 0.15) is 12.7 Å². The van der Waals surface area contributed by atoms with Gasteiger partial charge in [-0.3, -0.25) is 0 Å². The van der Waals surface area contributed by atoms with Crippen molar-refractivity contribution < 1.29 is 0 Å². The number of nitrogens with two attached hydrogens (primary N) is 1. The van der Waals surface area contributed by atoms with Gasteiger partial charge in [0.1, 0.15) is 0 Å². The lowest BCUT2D eigenvalue weighted by Gasteiger charge is -1.99. The first-order chi connectivity index (χ1) is 6.83. The van der Waals surface area contributed by atoms with Crippen LogP contribution >= 0.6 is 0 Å². The summed E-state index contributed by atoms with van der Waals surface area (Å²) in [6.45, 7) is 3.57. The van der Waals surface area contributed by atoms with Crippen LogP contribution < -0.4 is 11.1 Å². The van der Waals surface area contributed by atoms with E-state index in [1.54, 1.807) is 16.8 Å². The minimum atomic E-state index is 0.593. The zero-order valence-electron chi connectivity index (χ0n) is 7.94. The maximum atomic E-state index is 5.71. The Morgan fingerprint density at radius 2 is 2.36 bits per heavy atom. The molecule has 2 aromatic rings. The zero-order valence-corrected chi connectivity index (χ0v) is 7.94. The van der Waals surface area contributed by atoms with Crippen molar-refractivity contribution in [2.24, 2.45) is 0 Å². The first-order valence-electron chi connectivity index (χ1n) is 4.48. The predicted molar refractivity (Wildman–Crippen MR) is 52.6 cm³/mol. The maximum absolute atomic E-state index is 5.71. The van der Waals surface area contributed by atoms with Crippen molar-refractivity contribution in [2.45, 2.75) is 13.5 Å². The highest BCUT2D eigenvalue weighted by Gasteiger charge is 2.07. The smallest absolute Gasteiger partial charge is 0.200 e. The Morgan fingerprint density at radius 3 is 3.14 bits per heavy atom. The molecule has 0 aliphatic rings. The van der Waals surface area contributed by atoms with Gasteiger partial charge < -0.3 is 11.1 Å². The van der Waals surface area contributed by atoms with Gasteiger partial charge in [-0.15, -0.1) is 10.2 Å². The average molecular weight is 192 g/mol. The Morgan fingerprint density at radius 1 is 1.50 bits per heavy atom. The van der Waals surface area contributed by atoms with Crippen molar-refractivity contribution in [2.75, 3.05) is 12.3 Å². The SMILES string of the molecule is CCNCc1nnc2c(N)ccnn12. The Bertz CT molecular complexity index is 434. The Kier molecular flexibility index (Phi) is 2.28. The van der Waals surface area contributed by atoms with Crippen LogP contribution in [-0.2, 0) is 6.54 Å². The van der Waals surface area contributed by atoms with Crippen LogP contribution in [0.3, 0.4) is 0 Å². The second-order valence-corrected chi connectivity index (χ2v) is 2.92. The third-order valence-corrected chi connectivity index (χ3v) is 1.93. The summed E-state index contributed by atoms with van der Waals surface area (Å²) in [6, 6.07) is 1.71. The van der Waals surface area contributed by atoms with E-state index in [4.69, 9.17) is 5.73 Å². The number of aromatic nitrogens is 4. The van der Waals surface area contributed by atoms with Crippen LogP contribution in [0.4, 0.5) is 5.69 Å². The molecule has 6 nitrogen and oxygen atoms in total. The third kappa shape index (κ3) is 1.39. The lowest BCUT2D eigenvalue weighted by atomic mass is 10.4. The van der Waals surface area contributed by atoms with E-state index in [0.29, 0.717) is 17.9 Å². The van der Waals surface area contributed by atoms with Gasteiger partial charge in [-0.1, -0.05) is 6.92 Å². The molecule has 0 aliphatic heterocycles. The molecule has 0 saturated heterocycles. The van der Waals surface area contributed by atoms with E-state index in [-0.39, 0.29) is 0 Å². The van der Waals surface area contributed by atoms with Crippen LogP contribution in [0.15, 0.2) is 12.3 Å². The van der Waals surface area contributed by atoms with Gasteiger partial charge in [0.25, 0.3) is 0 Å². The van der Waals surface area contributed by atoms with Gasteiger partial charge in [-0.05, 0) is 12.6 Å². The van der Waals surface area contributed by atoms with Crippen LogP contribution in [0.25, 0.3) is 5.65 Å². The number of nitrogens with zero attached hydrogens (tertiary/aromatic N) is 4. The summed E-state index contributed by atoms with van der Waals surface area (Å²) in [5.41, 5.74) is 6.92. The standard InChI is InChI=1S/C8H12N6/c1-2-10-5-7-12-13-8-6(9)3-4-11-14(7)8/h3-4,10H,2,5,9H2,1H3. The Labute approximate surface area is 81.1 Å². The van der Waals surface area contributed by atoms with Crippen molar-refractivity contribution in [3.05, 3.63) is 18.1 Å². The normalized spacial score (nSPS) is 10.9.